The van der Waals surface area contributed by atoms with Crippen molar-refractivity contribution in [3.05, 3.63) is 200 Å². The highest BCUT2D eigenvalue weighted by Gasteiger charge is 2.17. The molecule has 3 heterocycles. The molecule has 0 fully saturated rings. The first kappa shape index (κ1) is 33.1. The Bertz CT molecular complexity index is 3280. The van der Waals surface area contributed by atoms with Crippen molar-refractivity contribution >= 4 is 53.2 Å². The van der Waals surface area contributed by atoms with Crippen molar-refractivity contribution in [2.75, 3.05) is 0 Å². The van der Waals surface area contributed by atoms with Gasteiger partial charge in [-0.1, -0.05) is 170 Å². The lowest BCUT2D eigenvalue weighted by Crippen LogP contribution is -1.96. The van der Waals surface area contributed by atoms with E-state index in [9.17, 15) is 0 Å². The Balaban J connectivity index is 0.992. The normalized spacial score (nSPS) is 11.5. The zero-order valence-electron chi connectivity index (χ0n) is 30.8. The van der Waals surface area contributed by atoms with Crippen LogP contribution in [0.25, 0.3) is 109 Å². The van der Waals surface area contributed by atoms with Gasteiger partial charge in [0.1, 0.15) is 0 Å². The standard InChI is InChI=1S/C53H33N3S/c1-3-13-34(14-4-1)39-18-12-20-41(32-39)53-55-47(36-15-5-2-6-16-36)33-48(56-53)37-27-25-35(26-28-37)38-17-11-19-40(31-38)51-45-30-29-43-42-21-8-10-24-49(42)57-52(43)50(45)44-22-7-9-23-46(44)54-51/h1-33H. The van der Waals surface area contributed by atoms with Crippen molar-refractivity contribution in [2.24, 2.45) is 0 Å². The Kier molecular flexibility index (Phi) is 8.01. The number of pyridine rings is 1. The van der Waals surface area contributed by atoms with E-state index in [1.165, 1.54) is 36.3 Å². The SMILES string of the molecule is c1ccc(-c2cccc(-c3nc(-c4ccccc4)cc(-c4ccc(-c5cccc(-c6nc7ccccc7c7c6ccc6c8ccccc8sc67)c5)cc4)n3)c2)cc1. The molecule has 0 aliphatic carbocycles. The van der Waals surface area contributed by atoms with Crippen LogP contribution in [0, 0.1) is 0 Å². The summed E-state index contributed by atoms with van der Waals surface area (Å²) in [5.74, 6) is 0.698. The average Bonchev–Trinajstić information content (AvgIpc) is 3.68. The second-order valence-electron chi connectivity index (χ2n) is 14.4. The highest BCUT2D eigenvalue weighted by Crippen LogP contribution is 2.43. The van der Waals surface area contributed by atoms with Crippen molar-refractivity contribution in [3.8, 4) is 67.4 Å². The minimum absolute atomic E-state index is 0.698. The Hall–Kier alpha value is -7.27. The molecule has 57 heavy (non-hydrogen) atoms. The molecule has 11 aromatic rings. The Labute approximate surface area is 334 Å². The van der Waals surface area contributed by atoms with E-state index in [1.807, 2.05) is 23.5 Å². The molecule has 8 aromatic carbocycles. The molecular weight excluding hydrogens is 711 g/mol. The zero-order valence-corrected chi connectivity index (χ0v) is 31.6. The highest BCUT2D eigenvalue weighted by atomic mass is 32.1. The maximum absolute atomic E-state index is 5.30. The van der Waals surface area contributed by atoms with Crippen LogP contribution in [0.15, 0.2) is 200 Å². The predicted octanol–water partition coefficient (Wildman–Crippen LogP) is 14.5. The second kappa shape index (κ2) is 13.8. The fourth-order valence-electron chi connectivity index (χ4n) is 8.07. The molecule has 4 heteroatoms. The Morgan fingerprint density at radius 3 is 1.60 bits per heavy atom. The third-order valence-corrected chi connectivity index (χ3v) is 12.1. The van der Waals surface area contributed by atoms with Gasteiger partial charge in [0.2, 0.25) is 0 Å². The molecule has 0 aliphatic rings. The van der Waals surface area contributed by atoms with Crippen LogP contribution in [0.3, 0.4) is 0 Å². The van der Waals surface area contributed by atoms with Crippen LogP contribution in [-0.4, -0.2) is 15.0 Å². The number of fused-ring (bicyclic) bond motifs is 7. The molecule has 3 aromatic heterocycles. The van der Waals surface area contributed by atoms with E-state index in [-0.39, 0.29) is 0 Å². The van der Waals surface area contributed by atoms with E-state index in [0.717, 1.165) is 67.1 Å². The monoisotopic (exact) mass is 743 g/mol. The van der Waals surface area contributed by atoms with E-state index in [2.05, 4.69) is 188 Å². The minimum atomic E-state index is 0.698. The molecule has 0 bridgehead atoms. The number of nitrogens with zero attached hydrogens (tertiary/aromatic N) is 3. The third-order valence-electron chi connectivity index (χ3n) is 10.9. The van der Waals surface area contributed by atoms with Gasteiger partial charge in [0.25, 0.3) is 0 Å². The number of rotatable bonds is 6. The van der Waals surface area contributed by atoms with Crippen LogP contribution in [0.1, 0.15) is 0 Å². The lowest BCUT2D eigenvalue weighted by Gasteiger charge is -2.13. The van der Waals surface area contributed by atoms with Gasteiger partial charge in [0.05, 0.1) is 22.6 Å². The molecule has 11 rings (SSSR count). The molecule has 0 aliphatic heterocycles. The van der Waals surface area contributed by atoms with Crippen molar-refractivity contribution in [3.63, 3.8) is 0 Å². The topological polar surface area (TPSA) is 38.7 Å². The summed E-state index contributed by atoms with van der Waals surface area (Å²) in [5, 5.41) is 6.23. The Morgan fingerprint density at radius 2 is 0.842 bits per heavy atom. The summed E-state index contributed by atoms with van der Waals surface area (Å²) in [5.41, 5.74) is 12.5. The van der Waals surface area contributed by atoms with Gasteiger partial charge < -0.3 is 0 Å². The molecule has 0 atom stereocenters. The van der Waals surface area contributed by atoms with Gasteiger partial charge in [-0.3, -0.25) is 0 Å². The maximum Gasteiger partial charge on any atom is 0.160 e. The summed E-state index contributed by atoms with van der Waals surface area (Å²) in [7, 11) is 0. The van der Waals surface area contributed by atoms with Crippen LogP contribution in [0.2, 0.25) is 0 Å². The summed E-state index contributed by atoms with van der Waals surface area (Å²) in [4.78, 5) is 15.6. The first-order valence-corrected chi connectivity index (χ1v) is 20.0. The van der Waals surface area contributed by atoms with E-state index in [0.29, 0.717) is 5.82 Å². The summed E-state index contributed by atoms with van der Waals surface area (Å²) in [6, 6.07) is 70.7. The lowest BCUT2D eigenvalue weighted by molar-refractivity contribution is 1.18. The summed E-state index contributed by atoms with van der Waals surface area (Å²) in [6.07, 6.45) is 0. The molecule has 3 nitrogen and oxygen atoms in total. The van der Waals surface area contributed by atoms with Gasteiger partial charge in [0, 0.05) is 58.6 Å². The van der Waals surface area contributed by atoms with Crippen molar-refractivity contribution < 1.29 is 0 Å². The molecule has 0 saturated heterocycles. The number of hydrogen-bond donors (Lipinski definition) is 0. The quantitative estimate of drug-likeness (QED) is 0.159. The number of para-hydroxylation sites is 1. The Morgan fingerprint density at radius 1 is 0.316 bits per heavy atom. The summed E-state index contributed by atoms with van der Waals surface area (Å²) < 4.78 is 2.62. The summed E-state index contributed by atoms with van der Waals surface area (Å²) >= 11 is 1.87. The second-order valence-corrected chi connectivity index (χ2v) is 15.4. The van der Waals surface area contributed by atoms with Crippen LogP contribution < -0.4 is 0 Å². The van der Waals surface area contributed by atoms with Gasteiger partial charge in [-0.05, 0) is 52.6 Å². The maximum atomic E-state index is 5.30. The minimum Gasteiger partial charge on any atom is -0.247 e. The van der Waals surface area contributed by atoms with Gasteiger partial charge in [-0.25, -0.2) is 15.0 Å². The molecule has 0 amide bonds. The largest absolute Gasteiger partial charge is 0.247 e. The van der Waals surface area contributed by atoms with Crippen LogP contribution in [-0.2, 0) is 0 Å². The number of aromatic nitrogens is 3. The molecular formula is C53H33N3S. The molecule has 0 radical (unpaired) electrons. The van der Waals surface area contributed by atoms with Gasteiger partial charge in [-0.2, -0.15) is 0 Å². The number of hydrogen-bond acceptors (Lipinski definition) is 4. The van der Waals surface area contributed by atoms with Crippen molar-refractivity contribution in [1.82, 2.24) is 15.0 Å². The molecule has 266 valence electrons. The lowest BCUT2D eigenvalue weighted by atomic mass is 9.95. The van der Waals surface area contributed by atoms with Gasteiger partial charge in [-0.15, -0.1) is 11.3 Å². The molecule has 0 spiro atoms. The fraction of sp³-hybridized carbons (Fsp3) is 0. The van der Waals surface area contributed by atoms with Crippen LogP contribution >= 0.6 is 11.3 Å². The summed E-state index contributed by atoms with van der Waals surface area (Å²) in [6.45, 7) is 0. The van der Waals surface area contributed by atoms with Gasteiger partial charge >= 0.3 is 0 Å². The molecule has 0 N–H and O–H groups in total. The smallest absolute Gasteiger partial charge is 0.160 e. The first-order chi connectivity index (χ1) is 28.2. The van der Waals surface area contributed by atoms with Gasteiger partial charge in [0.15, 0.2) is 5.82 Å². The zero-order chi connectivity index (χ0) is 37.7. The fourth-order valence-corrected chi connectivity index (χ4v) is 9.33. The number of thiophene rings is 1. The molecule has 0 unspecified atom stereocenters. The predicted molar refractivity (Wildman–Crippen MR) is 240 cm³/mol. The van der Waals surface area contributed by atoms with E-state index in [1.54, 1.807) is 0 Å². The van der Waals surface area contributed by atoms with E-state index in [4.69, 9.17) is 15.0 Å². The third kappa shape index (κ3) is 5.95. The molecule has 0 saturated carbocycles. The van der Waals surface area contributed by atoms with Crippen LogP contribution in [0.5, 0.6) is 0 Å². The highest BCUT2D eigenvalue weighted by molar-refractivity contribution is 7.26. The van der Waals surface area contributed by atoms with E-state index < -0.39 is 0 Å². The first-order valence-electron chi connectivity index (χ1n) is 19.2. The average molecular weight is 744 g/mol. The van der Waals surface area contributed by atoms with Crippen LogP contribution in [0.4, 0.5) is 0 Å². The number of benzene rings is 8. The van der Waals surface area contributed by atoms with Crippen molar-refractivity contribution in [2.45, 2.75) is 0 Å². The van der Waals surface area contributed by atoms with E-state index >= 15 is 0 Å². The van der Waals surface area contributed by atoms with Crippen molar-refractivity contribution in [1.29, 1.82) is 0 Å².